The first-order chi connectivity index (χ1) is 7.77. The summed E-state index contributed by atoms with van der Waals surface area (Å²) in [6, 6.07) is 6.44. The molecule has 1 rings (SSSR count). The number of allylic oxidation sites excluding steroid dienone is 1. The highest BCUT2D eigenvalue weighted by atomic mass is 19.1. The second-order valence-corrected chi connectivity index (χ2v) is 3.46. The van der Waals surface area contributed by atoms with Gasteiger partial charge in [0.05, 0.1) is 5.56 Å². The highest BCUT2D eigenvalue weighted by Crippen LogP contribution is 2.09. The summed E-state index contributed by atoms with van der Waals surface area (Å²) in [5.74, 6) is -0.458. The molecule has 2 nitrogen and oxygen atoms in total. The Morgan fingerprint density at radius 1 is 1.50 bits per heavy atom. The average Bonchev–Trinajstić information content (AvgIpc) is 2.31. The van der Waals surface area contributed by atoms with Crippen molar-refractivity contribution in [3.8, 4) is 6.07 Å². The zero-order chi connectivity index (χ0) is 11.8. The molecule has 0 spiro atoms. The smallest absolute Gasteiger partial charge is 0.140 e. The van der Waals surface area contributed by atoms with E-state index in [1.54, 1.807) is 12.1 Å². The van der Waals surface area contributed by atoms with Gasteiger partial charge in [0.25, 0.3) is 0 Å². The molecular weight excluding hydrogens is 203 g/mol. The van der Waals surface area contributed by atoms with E-state index < -0.39 is 5.82 Å². The van der Waals surface area contributed by atoms with Crippen LogP contribution in [0.15, 0.2) is 30.4 Å². The lowest BCUT2D eigenvalue weighted by Gasteiger charge is -2.04. The number of hydrogen-bond acceptors (Lipinski definition) is 2. The van der Waals surface area contributed by atoms with Crippen LogP contribution in [0.4, 0.5) is 4.39 Å². The summed E-state index contributed by atoms with van der Waals surface area (Å²) in [5.41, 5.74) is 1.03. The van der Waals surface area contributed by atoms with Crippen molar-refractivity contribution in [2.75, 3.05) is 6.54 Å². The predicted octanol–water partition coefficient (Wildman–Crippen LogP) is 2.75. The van der Waals surface area contributed by atoms with E-state index in [0.717, 1.165) is 18.5 Å². The number of hydrogen-bond donors (Lipinski definition) is 1. The first-order valence-electron chi connectivity index (χ1n) is 5.28. The zero-order valence-corrected chi connectivity index (χ0v) is 9.33. The van der Waals surface area contributed by atoms with Gasteiger partial charge in [-0.1, -0.05) is 18.2 Å². The maximum atomic E-state index is 13.0. The Hall–Kier alpha value is -1.66. The summed E-state index contributed by atoms with van der Waals surface area (Å²) >= 11 is 0. The van der Waals surface area contributed by atoms with Crippen LogP contribution in [0.3, 0.4) is 0 Å². The minimum absolute atomic E-state index is 0.104. The molecule has 0 radical (unpaired) electrons. The second kappa shape index (κ2) is 6.76. The van der Waals surface area contributed by atoms with Crippen molar-refractivity contribution >= 4 is 0 Å². The fourth-order valence-corrected chi connectivity index (χ4v) is 1.35. The summed E-state index contributed by atoms with van der Waals surface area (Å²) in [5, 5.41) is 11.9. The third-order valence-corrected chi connectivity index (χ3v) is 2.20. The molecule has 0 unspecified atom stereocenters. The Labute approximate surface area is 95.4 Å². The average molecular weight is 218 g/mol. The van der Waals surface area contributed by atoms with Crippen LogP contribution in [-0.2, 0) is 6.54 Å². The highest BCUT2D eigenvalue weighted by molar-refractivity contribution is 5.34. The SMILES string of the molecule is C/C=C/CCNCc1ccc(F)c(C#N)c1. The lowest BCUT2D eigenvalue weighted by Crippen LogP contribution is -2.14. The summed E-state index contributed by atoms with van der Waals surface area (Å²) in [6.45, 7) is 3.52. The van der Waals surface area contributed by atoms with E-state index in [2.05, 4.69) is 11.4 Å². The Morgan fingerprint density at radius 2 is 2.31 bits per heavy atom. The van der Waals surface area contributed by atoms with Crippen LogP contribution in [0.1, 0.15) is 24.5 Å². The molecule has 0 bridgehead atoms. The summed E-state index contributed by atoms with van der Waals surface area (Å²) in [6.07, 6.45) is 5.06. The molecule has 0 aliphatic heterocycles. The van der Waals surface area contributed by atoms with Gasteiger partial charge in [-0.2, -0.15) is 5.26 Å². The number of nitriles is 1. The normalized spacial score (nSPS) is 10.6. The van der Waals surface area contributed by atoms with Gasteiger partial charge in [-0.15, -0.1) is 0 Å². The van der Waals surface area contributed by atoms with Crippen LogP contribution in [0, 0.1) is 17.1 Å². The van der Waals surface area contributed by atoms with Crippen molar-refractivity contribution in [3.63, 3.8) is 0 Å². The van der Waals surface area contributed by atoms with Crippen molar-refractivity contribution in [1.29, 1.82) is 5.26 Å². The van der Waals surface area contributed by atoms with E-state index in [1.165, 1.54) is 6.07 Å². The lowest BCUT2D eigenvalue weighted by molar-refractivity contribution is 0.621. The lowest BCUT2D eigenvalue weighted by atomic mass is 10.1. The Bertz CT molecular complexity index is 405. The van der Waals surface area contributed by atoms with Crippen molar-refractivity contribution in [3.05, 3.63) is 47.3 Å². The van der Waals surface area contributed by atoms with E-state index in [-0.39, 0.29) is 5.56 Å². The summed E-state index contributed by atoms with van der Waals surface area (Å²) in [7, 11) is 0. The molecule has 3 heteroatoms. The molecule has 0 atom stereocenters. The molecule has 0 aromatic heterocycles. The second-order valence-electron chi connectivity index (χ2n) is 3.46. The van der Waals surface area contributed by atoms with Gasteiger partial charge in [-0.25, -0.2) is 4.39 Å². The summed E-state index contributed by atoms with van der Waals surface area (Å²) < 4.78 is 13.0. The molecule has 0 saturated heterocycles. The molecule has 0 aliphatic rings. The molecule has 1 N–H and O–H groups in total. The quantitative estimate of drug-likeness (QED) is 0.609. The first kappa shape index (κ1) is 12.4. The molecule has 0 heterocycles. The summed E-state index contributed by atoms with van der Waals surface area (Å²) in [4.78, 5) is 0. The molecule has 0 saturated carbocycles. The molecule has 16 heavy (non-hydrogen) atoms. The van der Waals surface area contributed by atoms with Gasteiger partial charge in [0.1, 0.15) is 11.9 Å². The van der Waals surface area contributed by atoms with E-state index in [0.29, 0.717) is 6.54 Å². The third-order valence-electron chi connectivity index (χ3n) is 2.20. The number of nitrogens with one attached hydrogen (secondary N) is 1. The molecule has 0 aliphatic carbocycles. The van der Waals surface area contributed by atoms with Gasteiger partial charge in [-0.05, 0) is 37.6 Å². The van der Waals surface area contributed by atoms with Crippen molar-refractivity contribution in [2.24, 2.45) is 0 Å². The van der Waals surface area contributed by atoms with Gasteiger partial charge in [0, 0.05) is 6.54 Å². The van der Waals surface area contributed by atoms with Crippen molar-refractivity contribution in [2.45, 2.75) is 19.9 Å². The molecule has 0 amide bonds. The van der Waals surface area contributed by atoms with Crippen LogP contribution < -0.4 is 5.32 Å². The Kier molecular flexibility index (Phi) is 5.24. The fourth-order valence-electron chi connectivity index (χ4n) is 1.35. The van der Waals surface area contributed by atoms with Crippen LogP contribution in [-0.4, -0.2) is 6.54 Å². The van der Waals surface area contributed by atoms with Crippen LogP contribution in [0.25, 0.3) is 0 Å². The van der Waals surface area contributed by atoms with Crippen LogP contribution >= 0.6 is 0 Å². The maximum Gasteiger partial charge on any atom is 0.140 e. The molecule has 84 valence electrons. The topological polar surface area (TPSA) is 35.8 Å². The highest BCUT2D eigenvalue weighted by Gasteiger charge is 2.01. The van der Waals surface area contributed by atoms with Gasteiger partial charge in [0.2, 0.25) is 0 Å². The van der Waals surface area contributed by atoms with Crippen molar-refractivity contribution < 1.29 is 4.39 Å². The number of benzene rings is 1. The fraction of sp³-hybridized carbons (Fsp3) is 0.308. The van der Waals surface area contributed by atoms with E-state index >= 15 is 0 Å². The van der Waals surface area contributed by atoms with Crippen LogP contribution in [0.2, 0.25) is 0 Å². The predicted molar refractivity (Wildman–Crippen MR) is 62.3 cm³/mol. The number of nitrogens with zero attached hydrogens (tertiary/aromatic N) is 1. The Balaban J connectivity index is 2.46. The standard InChI is InChI=1S/C13H15FN2/c1-2-3-4-7-16-10-11-5-6-13(14)12(8-11)9-15/h2-3,5-6,8,16H,4,7,10H2,1H3/b3-2+. The van der Waals surface area contributed by atoms with E-state index in [9.17, 15) is 4.39 Å². The van der Waals surface area contributed by atoms with Crippen LogP contribution in [0.5, 0.6) is 0 Å². The van der Waals surface area contributed by atoms with Gasteiger partial charge < -0.3 is 5.32 Å². The molecule has 1 aromatic rings. The largest absolute Gasteiger partial charge is 0.312 e. The molecule has 1 aromatic carbocycles. The maximum absolute atomic E-state index is 13.0. The number of halogens is 1. The van der Waals surface area contributed by atoms with Crippen molar-refractivity contribution in [1.82, 2.24) is 5.32 Å². The monoisotopic (exact) mass is 218 g/mol. The molecule has 0 fully saturated rings. The third kappa shape index (κ3) is 3.84. The van der Waals surface area contributed by atoms with Gasteiger partial charge in [-0.3, -0.25) is 0 Å². The molecular formula is C13H15FN2. The number of rotatable bonds is 5. The van der Waals surface area contributed by atoms with E-state index in [4.69, 9.17) is 5.26 Å². The minimum Gasteiger partial charge on any atom is -0.312 e. The van der Waals surface area contributed by atoms with Gasteiger partial charge >= 0.3 is 0 Å². The van der Waals surface area contributed by atoms with Gasteiger partial charge in [0.15, 0.2) is 0 Å². The Morgan fingerprint density at radius 3 is 3.00 bits per heavy atom. The zero-order valence-electron chi connectivity index (χ0n) is 9.33. The van der Waals surface area contributed by atoms with E-state index in [1.807, 2.05) is 19.1 Å². The first-order valence-corrected chi connectivity index (χ1v) is 5.28. The minimum atomic E-state index is -0.458.